The van der Waals surface area contributed by atoms with Gasteiger partial charge < -0.3 is 15.6 Å². The van der Waals surface area contributed by atoms with E-state index in [1.165, 1.54) is 0 Å². The van der Waals surface area contributed by atoms with Gasteiger partial charge in [-0.05, 0) is 49.6 Å². The van der Waals surface area contributed by atoms with Crippen LogP contribution in [0.3, 0.4) is 0 Å². The number of aromatic amines is 1. The number of benzene rings is 1. The van der Waals surface area contributed by atoms with Crippen molar-refractivity contribution in [2.75, 3.05) is 17.3 Å². The maximum Gasteiger partial charge on any atom is 0.246 e. The number of hydrogen-bond acceptors (Lipinski definition) is 3. The van der Waals surface area contributed by atoms with Gasteiger partial charge in [-0.1, -0.05) is 6.92 Å². The van der Waals surface area contributed by atoms with Gasteiger partial charge in [0.2, 0.25) is 11.8 Å². The van der Waals surface area contributed by atoms with Crippen LogP contribution in [0.5, 0.6) is 0 Å². The zero-order chi connectivity index (χ0) is 16.8. The number of aryl methyl sites for hydroxylation is 1. The molecule has 1 atom stereocenters. The number of carbonyl (C=O) groups excluding carboxylic acids is 2. The predicted octanol–water partition coefficient (Wildman–Crippen LogP) is 3.06. The highest BCUT2D eigenvalue weighted by Crippen LogP contribution is 2.20. The molecule has 23 heavy (non-hydrogen) atoms. The third kappa shape index (κ3) is 4.76. The lowest BCUT2D eigenvalue weighted by molar-refractivity contribution is -0.126. The van der Waals surface area contributed by atoms with Gasteiger partial charge in [-0.3, -0.25) is 9.59 Å². The van der Waals surface area contributed by atoms with E-state index in [2.05, 4.69) is 15.6 Å². The molecule has 0 radical (unpaired) electrons. The second-order valence-electron chi connectivity index (χ2n) is 5.50. The fourth-order valence-electron chi connectivity index (χ4n) is 2.39. The number of nitrogens with one attached hydrogen (secondary N) is 3. The highest BCUT2D eigenvalue weighted by Gasteiger charge is 2.20. The molecule has 0 unspecified atom stereocenters. The third-order valence-electron chi connectivity index (χ3n) is 3.61. The molecule has 0 saturated heterocycles. The van der Waals surface area contributed by atoms with Crippen molar-refractivity contribution < 1.29 is 9.59 Å². The molecule has 0 spiro atoms. The van der Waals surface area contributed by atoms with E-state index < -0.39 is 6.04 Å². The first-order chi connectivity index (χ1) is 11.0. The van der Waals surface area contributed by atoms with Crippen molar-refractivity contribution in [1.82, 2.24) is 10.3 Å². The van der Waals surface area contributed by atoms with E-state index in [9.17, 15) is 9.59 Å². The number of anilines is 1. The molecule has 0 aliphatic heterocycles. The molecular formula is C17H23N3O2S. The van der Waals surface area contributed by atoms with E-state index in [0.717, 1.165) is 28.0 Å². The van der Waals surface area contributed by atoms with Gasteiger partial charge in [-0.2, -0.15) is 11.8 Å². The number of amides is 2. The fourth-order valence-corrected chi connectivity index (χ4v) is 2.86. The van der Waals surface area contributed by atoms with Crippen LogP contribution in [0.4, 0.5) is 5.69 Å². The molecule has 5 nitrogen and oxygen atoms in total. The van der Waals surface area contributed by atoms with Crippen molar-refractivity contribution in [2.45, 2.75) is 32.7 Å². The highest BCUT2D eigenvalue weighted by molar-refractivity contribution is 7.98. The second-order valence-corrected chi connectivity index (χ2v) is 6.48. The Kier molecular flexibility index (Phi) is 6.10. The molecule has 2 aromatic rings. The summed E-state index contributed by atoms with van der Waals surface area (Å²) in [5.74, 6) is 0.536. The zero-order valence-corrected chi connectivity index (χ0v) is 14.5. The van der Waals surface area contributed by atoms with E-state index in [0.29, 0.717) is 12.8 Å². The second kappa shape index (κ2) is 8.06. The first-order valence-electron chi connectivity index (χ1n) is 7.72. The van der Waals surface area contributed by atoms with Crippen LogP contribution in [0.15, 0.2) is 24.3 Å². The normalized spacial score (nSPS) is 12.1. The van der Waals surface area contributed by atoms with Gasteiger partial charge in [0.25, 0.3) is 0 Å². The summed E-state index contributed by atoms with van der Waals surface area (Å²) in [4.78, 5) is 27.3. The molecule has 0 fully saturated rings. The Balaban J connectivity index is 2.09. The van der Waals surface area contributed by atoms with E-state index in [1.807, 2.05) is 37.4 Å². The van der Waals surface area contributed by atoms with Crippen LogP contribution < -0.4 is 10.6 Å². The summed E-state index contributed by atoms with van der Waals surface area (Å²) in [6.45, 7) is 3.78. The lowest BCUT2D eigenvalue weighted by Crippen LogP contribution is -2.43. The topological polar surface area (TPSA) is 74.0 Å². The maximum atomic E-state index is 12.5. The van der Waals surface area contributed by atoms with Crippen LogP contribution in [0, 0.1) is 6.92 Å². The largest absolute Gasteiger partial charge is 0.359 e. The average Bonchev–Trinajstić information content (AvgIpc) is 2.90. The van der Waals surface area contributed by atoms with Gasteiger partial charge in [-0.15, -0.1) is 0 Å². The lowest BCUT2D eigenvalue weighted by Gasteiger charge is -2.18. The van der Waals surface area contributed by atoms with Crippen molar-refractivity contribution in [3.63, 3.8) is 0 Å². The number of carbonyl (C=O) groups is 2. The van der Waals surface area contributed by atoms with Gasteiger partial charge >= 0.3 is 0 Å². The molecule has 2 amide bonds. The van der Waals surface area contributed by atoms with Crippen molar-refractivity contribution in [3.8, 4) is 0 Å². The Labute approximate surface area is 140 Å². The van der Waals surface area contributed by atoms with Gasteiger partial charge in [0.15, 0.2) is 0 Å². The molecule has 0 bridgehead atoms. The van der Waals surface area contributed by atoms with Crippen molar-refractivity contribution in [3.05, 3.63) is 30.0 Å². The maximum absolute atomic E-state index is 12.5. The fraction of sp³-hybridized carbons (Fsp3) is 0.412. The van der Waals surface area contributed by atoms with E-state index in [1.54, 1.807) is 18.7 Å². The van der Waals surface area contributed by atoms with Crippen LogP contribution in [-0.2, 0) is 9.59 Å². The summed E-state index contributed by atoms with van der Waals surface area (Å²) in [7, 11) is 0. The Bertz CT molecular complexity index is 696. The van der Waals surface area contributed by atoms with E-state index >= 15 is 0 Å². The van der Waals surface area contributed by atoms with E-state index in [-0.39, 0.29) is 11.8 Å². The van der Waals surface area contributed by atoms with Crippen molar-refractivity contribution in [1.29, 1.82) is 0 Å². The summed E-state index contributed by atoms with van der Waals surface area (Å²) in [6, 6.07) is 7.28. The molecular weight excluding hydrogens is 310 g/mol. The Morgan fingerprint density at radius 1 is 1.30 bits per heavy atom. The van der Waals surface area contributed by atoms with Gasteiger partial charge in [-0.25, -0.2) is 0 Å². The molecule has 0 aliphatic carbocycles. The van der Waals surface area contributed by atoms with Crippen LogP contribution in [-0.4, -0.2) is 34.8 Å². The van der Waals surface area contributed by atoms with Crippen LogP contribution in [0.2, 0.25) is 0 Å². The molecule has 1 heterocycles. The quantitative estimate of drug-likeness (QED) is 0.729. The number of fused-ring (bicyclic) bond motifs is 1. The van der Waals surface area contributed by atoms with E-state index in [4.69, 9.17) is 0 Å². The summed E-state index contributed by atoms with van der Waals surface area (Å²) >= 11 is 1.66. The molecule has 0 aliphatic rings. The Morgan fingerprint density at radius 2 is 2.09 bits per heavy atom. The number of aromatic nitrogens is 1. The first-order valence-corrected chi connectivity index (χ1v) is 9.11. The smallest absolute Gasteiger partial charge is 0.246 e. The summed E-state index contributed by atoms with van der Waals surface area (Å²) in [5.41, 5.74) is 2.86. The van der Waals surface area contributed by atoms with Crippen LogP contribution in [0.25, 0.3) is 10.9 Å². The number of rotatable bonds is 7. The Hall–Kier alpha value is -1.95. The van der Waals surface area contributed by atoms with Crippen molar-refractivity contribution in [2.24, 2.45) is 0 Å². The van der Waals surface area contributed by atoms with Crippen molar-refractivity contribution >= 4 is 40.2 Å². The Morgan fingerprint density at radius 3 is 2.78 bits per heavy atom. The molecule has 1 aromatic carbocycles. The molecule has 124 valence electrons. The van der Waals surface area contributed by atoms with Gasteiger partial charge in [0.1, 0.15) is 6.04 Å². The van der Waals surface area contributed by atoms with Crippen LogP contribution in [0.1, 0.15) is 25.5 Å². The first kappa shape index (κ1) is 17.4. The minimum atomic E-state index is -0.501. The summed E-state index contributed by atoms with van der Waals surface area (Å²) in [6.07, 6.45) is 2.97. The highest BCUT2D eigenvalue weighted by atomic mass is 32.2. The summed E-state index contributed by atoms with van der Waals surface area (Å²) < 4.78 is 0. The van der Waals surface area contributed by atoms with Gasteiger partial charge in [0.05, 0.1) is 0 Å². The van der Waals surface area contributed by atoms with Crippen LogP contribution >= 0.6 is 11.8 Å². The molecule has 3 N–H and O–H groups in total. The molecule has 1 aromatic heterocycles. The minimum Gasteiger partial charge on any atom is -0.359 e. The van der Waals surface area contributed by atoms with Gasteiger partial charge in [0, 0.05) is 28.7 Å². The third-order valence-corrected chi connectivity index (χ3v) is 4.25. The number of hydrogen-bond donors (Lipinski definition) is 3. The zero-order valence-electron chi connectivity index (χ0n) is 13.7. The molecule has 6 heteroatoms. The summed E-state index contributed by atoms with van der Waals surface area (Å²) in [5, 5.41) is 6.75. The number of H-pyrrole nitrogens is 1. The molecule has 2 rings (SSSR count). The monoisotopic (exact) mass is 333 g/mol. The minimum absolute atomic E-state index is 0.108. The standard InChI is InChI=1S/C17H23N3O2S/c1-4-16(21)20-15(7-8-23-3)17(22)19-13-5-6-14-12(10-13)9-11(2)18-14/h5-6,9-10,15,18H,4,7-8H2,1-3H3,(H,19,22)(H,20,21)/t15-/m1/s1. The average molecular weight is 333 g/mol. The SMILES string of the molecule is CCC(=O)N[C@H](CCSC)C(=O)Nc1ccc2[nH]c(C)cc2c1. The lowest BCUT2D eigenvalue weighted by atomic mass is 10.1. The number of thioether (sulfide) groups is 1. The predicted molar refractivity (Wildman–Crippen MR) is 96.9 cm³/mol. The molecule has 0 saturated carbocycles.